The highest BCUT2D eigenvalue weighted by atomic mass is 32.1. The van der Waals surface area contributed by atoms with Gasteiger partial charge in [0.1, 0.15) is 10.4 Å². The minimum atomic E-state index is -0.603. The molecule has 2 aromatic rings. The molecule has 2 amide bonds. The molecule has 6 heteroatoms. The zero-order valence-electron chi connectivity index (χ0n) is 7.68. The van der Waals surface area contributed by atoms with Gasteiger partial charge in [-0.2, -0.15) is 0 Å². The van der Waals surface area contributed by atoms with Crippen LogP contribution in [-0.2, 0) is 0 Å². The number of urea groups is 1. The van der Waals surface area contributed by atoms with Crippen molar-refractivity contribution in [1.29, 1.82) is 0 Å². The van der Waals surface area contributed by atoms with E-state index >= 15 is 0 Å². The third-order valence-corrected chi connectivity index (χ3v) is 3.47. The lowest BCUT2D eigenvalue weighted by Crippen LogP contribution is -2.30. The van der Waals surface area contributed by atoms with Crippen LogP contribution in [0.5, 0.6) is 0 Å². The number of nitrogens with zero attached hydrogens (tertiary/aromatic N) is 1. The van der Waals surface area contributed by atoms with E-state index in [1.807, 2.05) is 24.3 Å². The average molecular weight is 239 g/mol. The van der Waals surface area contributed by atoms with Crippen LogP contribution in [0.1, 0.15) is 10.4 Å². The maximum atomic E-state index is 10.6. The molecule has 0 aliphatic rings. The first-order valence-corrected chi connectivity index (χ1v) is 5.59. The van der Waals surface area contributed by atoms with Crippen molar-refractivity contribution in [3.8, 4) is 0 Å². The van der Waals surface area contributed by atoms with Crippen molar-refractivity contribution in [1.82, 2.24) is 10.3 Å². The van der Waals surface area contributed by atoms with Crippen molar-refractivity contribution >= 4 is 40.2 Å². The fourth-order valence-electron chi connectivity index (χ4n) is 1.20. The van der Waals surface area contributed by atoms with Crippen LogP contribution in [0.3, 0.4) is 0 Å². The number of hydrogen-bond donors (Lipinski definition) is 3. The Morgan fingerprint density at radius 2 is 2.27 bits per heavy atom. The van der Waals surface area contributed by atoms with Gasteiger partial charge in [0.05, 0.1) is 10.2 Å². The van der Waals surface area contributed by atoms with E-state index < -0.39 is 11.4 Å². The summed E-state index contributed by atoms with van der Waals surface area (Å²) in [5.41, 5.74) is 5.91. The van der Waals surface area contributed by atoms with Gasteiger partial charge in [0.2, 0.25) is 0 Å². The SMILES string of the molecule is NC(=O)NC(S)c1nc2ccccc2s1. The quantitative estimate of drug-likeness (QED) is 0.553. The maximum absolute atomic E-state index is 10.6. The molecule has 1 aromatic carbocycles. The van der Waals surface area contributed by atoms with Crippen molar-refractivity contribution in [2.75, 3.05) is 0 Å². The van der Waals surface area contributed by atoms with E-state index in [1.165, 1.54) is 11.3 Å². The van der Waals surface area contributed by atoms with E-state index in [1.54, 1.807) is 0 Å². The summed E-state index contributed by atoms with van der Waals surface area (Å²) in [6.07, 6.45) is 0. The second kappa shape index (κ2) is 4.08. The Kier molecular flexibility index (Phi) is 2.79. The minimum Gasteiger partial charge on any atom is -0.352 e. The summed E-state index contributed by atoms with van der Waals surface area (Å²) in [4.78, 5) is 15.0. The number of carbonyl (C=O) groups is 1. The number of fused-ring (bicyclic) bond motifs is 1. The summed E-state index contributed by atoms with van der Waals surface area (Å²) in [7, 11) is 0. The van der Waals surface area contributed by atoms with Crippen LogP contribution in [0, 0.1) is 0 Å². The predicted octanol–water partition coefficient (Wildman–Crippen LogP) is 1.89. The van der Waals surface area contributed by atoms with Gasteiger partial charge in [0, 0.05) is 0 Å². The first kappa shape index (κ1) is 10.3. The summed E-state index contributed by atoms with van der Waals surface area (Å²) < 4.78 is 1.07. The number of rotatable bonds is 2. The van der Waals surface area contributed by atoms with Crippen LogP contribution in [0.25, 0.3) is 10.2 Å². The molecule has 0 spiro atoms. The molecule has 78 valence electrons. The fourth-order valence-corrected chi connectivity index (χ4v) is 2.45. The largest absolute Gasteiger partial charge is 0.352 e. The van der Waals surface area contributed by atoms with Gasteiger partial charge in [-0.1, -0.05) is 12.1 Å². The van der Waals surface area contributed by atoms with Crippen molar-refractivity contribution in [2.45, 2.75) is 5.37 Å². The van der Waals surface area contributed by atoms with Gasteiger partial charge in [-0.15, -0.1) is 24.0 Å². The number of aromatic nitrogens is 1. The third kappa shape index (κ3) is 2.21. The molecule has 0 bridgehead atoms. The number of carbonyl (C=O) groups excluding carboxylic acids is 1. The Bertz CT molecular complexity index is 464. The number of amides is 2. The third-order valence-electron chi connectivity index (χ3n) is 1.82. The smallest absolute Gasteiger partial charge is 0.313 e. The van der Waals surface area contributed by atoms with Gasteiger partial charge in [0.15, 0.2) is 0 Å². The maximum Gasteiger partial charge on any atom is 0.313 e. The van der Waals surface area contributed by atoms with Crippen LogP contribution < -0.4 is 11.1 Å². The number of para-hydroxylation sites is 1. The predicted molar refractivity (Wildman–Crippen MR) is 64.1 cm³/mol. The molecule has 0 aliphatic heterocycles. The molecule has 2 rings (SSSR count). The molecule has 1 unspecified atom stereocenters. The topological polar surface area (TPSA) is 68.0 Å². The Morgan fingerprint density at radius 3 is 2.93 bits per heavy atom. The monoisotopic (exact) mass is 239 g/mol. The molecule has 1 heterocycles. The number of thiazole rings is 1. The van der Waals surface area contributed by atoms with Crippen molar-refractivity contribution in [3.63, 3.8) is 0 Å². The standard InChI is InChI=1S/C9H9N3OS2/c10-9(13)12-7(14)8-11-5-3-1-2-4-6(5)15-8/h1-4,7,14H,(H3,10,12,13). The van der Waals surface area contributed by atoms with Crippen molar-refractivity contribution in [2.24, 2.45) is 5.73 Å². The molecule has 0 radical (unpaired) electrons. The van der Waals surface area contributed by atoms with E-state index in [9.17, 15) is 4.79 Å². The lowest BCUT2D eigenvalue weighted by Gasteiger charge is -2.06. The van der Waals surface area contributed by atoms with Crippen molar-refractivity contribution < 1.29 is 4.79 Å². The van der Waals surface area contributed by atoms with Crippen LogP contribution >= 0.6 is 24.0 Å². The highest BCUT2D eigenvalue weighted by Gasteiger charge is 2.12. The fraction of sp³-hybridized carbons (Fsp3) is 0.111. The second-order valence-corrected chi connectivity index (χ2v) is 4.51. The van der Waals surface area contributed by atoms with Gasteiger partial charge < -0.3 is 11.1 Å². The first-order valence-electron chi connectivity index (χ1n) is 4.26. The van der Waals surface area contributed by atoms with Crippen LogP contribution in [0.2, 0.25) is 0 Å². The van der Waals surface area contributed by atoms with Crippen LogP contribution in [0.15, 0.2) is 24.3 Å². The molecule has 0 saturated heterocycles. The Labute approximate surface area is 95.9 Å². The number of benzene rings is 1. The van der Waals surface area contributed by atoms with Crippen molar-refractivity contribution in [3.05, 3.63) is 29.3 Å². The zero-order chi connectivity index (χ0) is 10.8. The first-order chi connectivity index (χ1) is 7.16. The summed E-state index contributed by atoms with van der Waals surface area (Å²) >= 11 is 5.70. The van der Waals surface area contributed by atoms with E-state index in [0.29, 0.717) is 0 Å². The summed E-state index contributed by atoms with van der Waals surface area (Å²) in [6.45, 7) is 0. The van der Waals surface area contributed by atoms with E-state index in [2.05, 4.69) is 22.9 Å². The molecule has 1 atom stereocenters. The molecule has 3 N–H and O–H groups in total. The van der Waals surface area contributed by atoms with Crippen LogP contribution in [0.4, 0.5) is 4.79 Å². The Hall–Kier alpha value is -1.27. The molecular formula is C9H9N3OS2. The zero-order valence-corrected chi connectivity index (χ0v) is 9.39. The Balaban J connectivity index is 2.32. The number of primary amides is 1. The highest BCUT2D eigenvalue weighted by molar-refractivity contribution is 7.80. The van der Waals surface area contributed by atoms with Gasteiger partial charge in [0.25, 0.3) is 0 Å². The van der Waals surface area contributed by atoms with E-state index in [0.717, 1.165) is 15.2 Å². The second-order valence-electron chi connectivity index (χ2n) is 2.93. The van der Waals surface area contributed by atoms with Gasteiger partial charge >= 0.3 is 6.03 Å². The van der Waals surface area contributed by atoms with Crippen LogP contribution in [-0.4, -0.2) is 11.0 Å². The van der Waals surface area contributed by atoms with E-state index in [-0.39, 0.29) is 0 Å². The summed E-state index contributed by atoms with van der Waals surface area (Å²) in [6, 6.07) is 7.15. The number of nitrogens with one attached hydrogen (secondary N) is 1. The number of thiol groups is 1. The van der Waals surface area contributed by atoms with Gasteiger partial charge in [-0.25, -0.2) is 9.78 Å². The van der Waals surface area contributed by atoms with Gasteiger partial charge in [-0.05, 0) is 12.1 Å². The summed E-state index contributed by atoms with van der Waals surface area (Å²) in [5.74, 6) is 0. The molecule has 0 saturated carbocycles. The molecular weight excluding hydrogens is 230 g/mol. The molecule has 15 heavy (non-hydrogen) atoms. The molecule has 1 aromatic heterocycles. The lowest BCUT2D eigenvalue weighted by molar-refractivity contribution is 0.248. The normalized spacial score (nSPS) is 12.6. The minimum absolute atomic E-state index is 0.445. The summed E-state index contributed by atoms with van der Waals surface area (Å²) in [5, 5.41) is 2.76. The molecule has 0 fully saturated rings. The van der Waals surface area contributed by atoms with E-state index in [4.69, 9.17) is 5.73 Å². The number of nitrogens with two attached hydrogens (primary N) is 1. The van der Waals surface area contributed by atoms with Gasteiger partial charge in [-0.3, -0.25) is 0 Å². The average Bonchev–Trinajstić information content (AvgIpc) is 2.59. The lowest BCUT2D eigenvalue weighted by atomic mass is 10.3. The number of hydrogen-bond acceptors (Lipinski definition) is 4. The highest BCUT2D eigenvalue weighted by Crippen LogP contribution is 2.27. The Morgan fingerprint density at radius 1 is 1.53 bits per heavy atom. The molecule has 0 aliphatic carbocycles. The molecule has 4 nitrogen and oxygen atoms in total.